The van der Waals surface area contributed by atoms with Crippen LogP contribution in [0.4, 0.5) is 4.79 Å². The fourth-order valence-electron chi connectivity index (χ4n) is 1.23. The highest BCUT2D eigenvalue weighted by Gasteiger charge is 2.10. The lowest BCUT2D eigenvalue weighted by atomic mass is 10.3. The van der Waals surface area contributed by atoms with Crippen molar-refractivity contribution in [3.8, 4) is 0 Å². The van der Waals surface area contributed by atoms with Crippen LogP contribution in [0.1, 0.15) is 0 Å². The van der Waals surface area contributed by atoms with Crippen LogP contribution in [0.3, 0.4) is 0 Å². The van der Waals surface area contributed by atoms with Gasteiger partial charge >= 0.3 is 0 Å². The van der Waals surface area contributed by atoms with E-state index < -0.39 is 6.16 Å². The van der Waals surface area contributed by atoms with Crippen molar-refractivity contribution in [1.82, 2.24) is 5.32 Å². The van der Waals surface area contributed by atoms with Gasteiger partial charge in [0.2, 0.25) is 6.16 Å². The molecule has 6 nitrogen and oxygen atoms in total. The fourth-order valence-corrected chi connectivity index (χ4v) is 1.23. The molecule has 6 heteroatoms. The summed E-state index contributed by atoms with van der Waals surface area (Å²) in [7, 11) is 0. The summed E-state index contributed by atoms with van der Waals surface area (Å²) in [6.07, 6.45) is -2.08. The molecule has 1 rings (SSSR count). The summed E-state index contributed by atoms with van der Waals surface area (Å²) >= 11 is 0. The minimum absolute atomic E-state index is 0.829. The Morgan fingerprint density at radius 3 is 2.38 bits per heavy atom. The predicted octanol–water partition coefficient (Wildman–Crippen LogP) is -3.68. The molecule has 1 saturated heterocycles. The summed E-state index contributed by atoms with van der Waals surface area (Å²) in [6.45, 7) is 6.79. The van der Waals surface area contributed by atoms with Gasteiger partial charge in [-0.15, -0.1) is 0 Å². The number of carbonyl (C=O) groups is 1. The van der Waals surface area contributed by atoms with E-state index in [0.29, 0.717) is 0 Å². The van der Waals surface area contributed by atoms with Gasteiger partial charge in [-0.1, -0.05) is 0 Å². The monoisotopic (exact) mass is 191 g/mol. The van der Waals surface area contributed by atoms with Crippen molar-refractivity contribution in [2.75, 3.05) is 39.3 Å². The highest BCUT2D eigenvalue weighted by Crippen LogP contribution is 1.61. The molecule has 78 valence electrons. The molecule has 0 atom stereocenters. The standard InChI is InChI=1S/C6H15N3.CH2O3/c7-1-4-9-5-2-8-3-6-9;2-1(3)4/h8H,1-7H2;(H2,2,3,4). The molecule has 1 heterocycles. The Morgan fingerprint density at radius 1 is 1.54 bits per heavy atom. The first-order valence-corrected chi connectivity index (χ1v) is 4.31. The second-order valence-corrected chi connectivity index (χ2v) is 2.80. The van der Waals surface area contributed by atoms with E-state index in [-0.39, 0.29) is 0 Å². The Kier molecular flexibility index (Phi) is 7.27. The Labute approximate surface area is 77.3 Å². The number of rotatable bonds is 2. The van der Waals surface area contributed by atoms with Gasteiger partial charge in [-0.25, -0.2) is 0 Å². The maximum atomic E-state index is 8.44. The van der Waals surface area contributed by atoms with Gasteiger partial charge in [-0.05, 0) is 0 Å². The van der Waals surface area contributed by atoms with Crippen LogP contribution in [-0.2, 0) is 0 Å². The first kappa shape index (κ1) is 12.2. The molecule has 5 N–H and O–H groups in total. The average molecular weight is 191 g/mol. The molecule has 0 unspecified atom stereocenters. The molecule has 1 fully saturated rings. The zero-order valence-corrected chi connectivity index (χ0v) is 7.58. The first-order chi connectivity index (χ1) is 6.16. The topological polar surface area (TPSA) is 103 Å². The third-order valence-corrected chi connectivity index (χ3v) is 1.81. The molecular formula is C7H17N3O3. The third kappa shape index (κ3) is 9.06. The smallest absolute Gasteiger partial charge is 0.249 e. The lowest BCUT2D eigenvalue weighted by Gasteiger charge is -2.23. The van der Waals surface area contributed by atoms with Crippen LogP contribution in [-0.4, -0.2) is 50.5 Å². The molecule has 0 aromatic carbocycles. The van der Waals surface area contributed by atoms with Crippen LogP contribution in [0.2, 0.25) is 0 Å². The molecular weight excluding hydrogens is 174 g/mol. The van der Waals surface area contributed by atoms with E-state index in [2.05, 4.69) is 5.32 Å². The maximum absolute atomic E-state index is 8.44. The number of hydrogen-bond acceptors (Lipinski definition) is 4. The second kappa shape index (κ2) is 7.78. The number of nitrogens with two attached hydrogens (primary N) is 1. The van der Waals surface area contributed by atoms with E-state index in [9.17, 15) is 0 Å². The van der Waals surface area contributed by atoms with Crippen molar-refractivity contribution in [3.05, 3.63) is 0 Å². The van der Waals surface area contributed by atoms with Crippen molar-refractivity contribution in [2.24, 2.45) is 5.73 Å². The number of piperazine rings is 1. The molecule has 0 spiro atoms. The van der Waals surface area contributed by atoms with Crippen LogP contribution in [0.5, 0.6) is 0 Å². The van der Waals surface area contributed by atoms with Gasteiger partial charge < -0.3 is 31.0 Å². The number of nitrogens with one attached hydrogen (secondary N) is 2. The van der Waals surface area contributed by atoms with Crippen LogP contribution in [0.25, 0.3) is 0 Å². The first-order valence-electron chi connectivity index (χ1n) is 4.31. The van der Waals surface area contributed by atoms with E-state index in [4.69, 9.17) is 20.7 Å². The van der Waals surface area contributed by atoms with Gasteiger partial charge in [-0.2, -0.15) is 0 Å². The lowest BCUT2D eigenvalue weighted by molar-refractivity contribution is -0.900. The van der Waals surface area contributed by atoms with E-state index in [1.165, 1.54) is 13.1 Å². The van der Waals surface area contributed by atoms with Crippen molar-refractivity contribution >= 4 is 6.16 Å². The fraction of sp³-hybridized carbons (Fsp3) is 0.857. The highest BCUT2D eigenvalue weighted by molar-refractivity contribution is 5.50. The summed E-state index contributed by atoms with van der Waals surface area (Å²) in [5.74, 6) is 0. The largest absolute Gasteiger partial charge is 0.565 e. The zero-order valence-electron chi connectivity index (χ0n) is 7.58. The molecule has 1 aliphatic heterocycles. The van der Waals surface area contributed by atoms with Crippen LogP contribution < -0.4 is 21.1 Å². The third-order valence-electron chi connectivity index (χ3n) is 1.81. The SMILES string of the molecule is NCC[NH+]1CCNCC1.O=C([O-])O. The van der Waals surface area contributed by atoms with Crippen LogP contribution >= 0.6 is 0 Å². The normalized spacial score (nSPS) is 17.3. The number of carboxylic acid groups (broad SMARTS) is 2. The average Bonchev–Trinajstić information content (AvgIpc) is 2.06. The van der Waals surface area contributed by atoms with Gasteiger partial charge in [0.25, 0.3) is 0 Å². The summed E-state index contributed by atoms with van der Waals surface area (Å²) in [5.41, 5.74) is 5.42. The molecule has 0 saturated carbocycles. The van der Waals surface area contributed by atoms with Crippen molar-refractivity contribution in [1.29, 1.82) is 0 Å². The van der Waals surface area contributed by atoms with Gasteiger partial charge in [0.15, 0.2) is 0 Å². The molecule has 0 bridgehead atoms. The van der Waals surface area contributed by atoms with Gasteiger partial charge in [0, 0.05) is 19.6 Å². The highest BCUT2D eigenvalue weighted by atomic mass is 16.6. The minimum atomic E-state index is -2.08. The molecule has 1 aliphatic rings. The Morgan fingerprint density at radius 2 is 2.00 bits per heavy atom. The summed E-state index contributed by atoms with van der Waals surface area (Å²) < 4.78 is 0. The lowest BCUT2D eigenvalue weighted by Crippen LogP contribution is -3.15. The molecule has 0 aromatic rings. The Hall–Kier alpha value is -0.850. The van der Waals surface area contributed by atoms with Crippen molar-refractivity contribution in [3.63, 3.8) is 0 Å². The summed E-state index contributed by atoms with van der Waals surface area (Å²) in [6, 6.07) is 0. The number of hydrogen-bond donors (Lipinski definition) is 4. The second-order valence-electron chi connectivity index (χ2n) is 2.80. The van der Waals surface area contributed by atoms with Crippen molar-refractivity contribution < 1.29 is 19.9 Å². The van der Waals surface area contributed by atoms with Gasteiger partial charge in [-0.3, -0.25) is 0 Å². The van der Waals surface area contributed by atoms with Crippen molar-refractivity contribution in [2.45, 2.75) is 0 Å². The quantitative estimate of drug-likeness (QED) is 0.360. The van der Waals surface area contributed by atoms with E-state index in [1.54, 1.807) is 4.90 Å². The summed E-state index contributed by atoms with van der Waals surface area (Å²) in [5, 5.41) is 18.6. The predicted molar refractivity (Wildman–Crippen MR) is 45.5 cm³/mol. The van der Waals surface area contributed by atoms with E-state index in [0.717, 1.165) is 26.2 Å². The van der Waals surface area contributed by atoms with Crippen LogP contribution in [0.15, 0.2) is 0 Å². The Balaban J connectivity index is 0.000000310. The van der Waals surface area contributed by atoms with E-state index >= 15 is 0 Å². The molecule has 13 heavy (non-hydrogen) atoms. The number of quaternary nitrogens is 1. The molecule has 0 aromatic heterocycles. The van der Waals surface area contributed by atoms with Gasteiger partial charge in [0.05, 0.1) is 19.6 Å². The summed E-state index contributed by atoms with van der Waals surface area (Å²) in [4.78, 5) is 10.1. The maximum Gasteiger partial charge on any atom is 0.249 e. The zero-order chi connectivity index (χ0) is 10.1. The van der Waals surface area contributed by atoms with E-state index in [1.807, 2.05) is 0 Å². The van der Waals surface area contributed by atoms with Gasteiger partial charge in [0.1, 0.15) is 0 Å². The van der Waals surface area contributed by atoms with Crippen LogP contribution in [0, 0.1) is 0 Å². The minimum Gasteiger partial charge on any atom is -0.565 e. The molecule has 0 amide bonds. The Bertz CT molecular complexity index is 130. The molecule has 0 aliphatic carbocycles. The molecule has 0 radical (unpaired) electrons.